The molecule has 9 nitrogen and oxygen atoms in total. The maximum atomic E-state index is 13.1. The minimum Gasteiger partial charge on any atom is -0.464 e. The molecule has 218 valence electrons. The van der Waals surface area contributed by atoms with E-state index >= 15 is 0 Å². The van der Waals surface area contributed by atoms with Crippen molar-refractivity contribution in [2.75, 3.05) is 17.6 Å². The number of rotatable bonds is 12. The summed E-state index contributed by atoms with van der Waals surface area (Å²) < 4.78 is 17.9. The second-order valence-electron chi connectivity index (χ2n) is 10.2. The number of hydrogen-bond donors (Lipinski definition) is 4. The SMILES string of the molecule is Nc1ccccc1NC(=O)CCCCNC(=O)C1=CC(c2coc3ccccc23)CC(OCc2ccc(CO)cc2)O1. The molecule has 0 spiro atoms. The zero-order valence-corrected chi connectivity index (χ0v) is 23.3. The summed E-state index contributed by atoms with van der Waals surface area (Å²) in [6.07, 6.45) is 4.94. The van der Waals surface area contributed by atoms with Crippen LogP contribution in [0, 0.1) is 0 Å². The number of nitrogens with one attached hydrogen (secondary N) is 2. The Morgan fingerprint density at radius 2 is 1.74 bits per heavy atom. The first-order valence-corrected chi connectivity index (χ1v) is 14.1. The van der Waals surface area contributed by atoms with Crippen LogP contribution in [0.1, 0.15) is 48.3 Å². The van der Waals surface area contributed by atoms with Gasteiger partial charge in [-0.25, -0.2) is 0 Å². The van der Waals surface area contributed by atoms with E-state index in [0.717, 1.165) is 27.7 Å². The number of carbonyl (C=O) groups is 2. The number of nitrogens with two attached hydrogens (primary N) is 1. The number of aliphatic hydroxyl groups is 1. The van der Waals surface area contributed by atoms with Crippen molar-refractivity contribution >= 4 is 34.2 Å². The first kappa shape index (κ1) is 28.9. The van der Waals surface area contributed by atoms with E-state index in [1.54, 1.807) is 18.4 Å². The molecule has 0 fully saturated rings. The Bertz CT molecular complexity index is 1540. The number of allylic oxidation sites excluding steroid dienone is 1. The van der Waals surface area contributed by atoms with Crippen molar-refractivity contribution in [2.24, 2.45) is 0 Å². The molecular weight excluding hydrogens is 534 g/mol. The smallest absolute Gasteiger partial charge is 0.286 e. The summed E-state index contributed by atoms with van der Waals surface area (Å²) in [5.74, 6) is -0.429. The molecule has 0 saturated carbocycles. The van der Waals surface area contributed by atoms with E-state index in [2.05, 4.69) is 10.6 Å². The lowest BCUT2D eigenvalue weighted by Crippen LogP contribution is -2.33. The van der Waals surface area contributed by atoms with Gasteiger partial charge in [0.1, 0.15) is 5.58 Å². The summed E-state index contributed by atoms with van der Waals surface area (Å²) in [7, 11) is 0. The quantitative estimate of drug-likeness (QED) is 0.133. The Balaban J connectivity index is 1.18. The van der Waals surface area contributed by atoms with Crippen molar-refractivity contribution < 1.29 is 28.6 Å². The van der Waals surface area contributed by atoms with Gasteiger partial charge in [-0.05, 0) is 48.2 Å². The number of carbonyl (C=O) groups excluding carboxylic acids is 2. The second kappa shape index (κ2) is 13.8. The molecule has 2 unspecified atom stereocenters. The zero-order valence-electron chi connectivity index (χ0n) is 23.3. The average molecular weight is 570 g/mol. The van der Waals surface area contributed by atoms with Crippen molar-refractivity contribution in [1.82, 2.24) is 5.32 Å². The molecule has 2 heterocycles. The number of benzene rings is 3. The minimum absolute atomic E-state index is 0.0213. The van der Waals surface area contributed by atoms with Crippen LogP contribution in [0.3, 0.4) is 0 Å². The fourth-order valence-corrected chi connectivity index (χ4v) is 4.87. The molecular formula is C33H35N3O6. The summed E-state index contributed by atoms with van der Waals surface area (Å²) in [4.78, 5) is 25.4. The highest BCUT2D eigenvalue weighted by Crippen LogP contribution is 2.36. The van der Waals surface area contributed by atoms with Gasteiger partial charge < -0.3 is 35.4 Å². The lowest BCUT2D eigenvalue weighted by Gasteiger charge is -2.29. The normalized spacial score (nSPS) is 16.5. The fraction of sp³-hybridized carbons (Fsp3) is 0.273. The Hall–Kier alpha value is -4.60. The number of anilines is 2. The van der Waals surface area contributed by atoms with Crippen molar-refractivity contribution in [3.63, 3.8) is 0 Å². The predicted molar refractivity (Wildman–Crippen MR) is 160 cm³/mol. The molecule has 0 aliphatic carbocycles. The summed E-state index contributed by atoms with van der Waals surface area (Å²) >= 11 is 0. The molecule has 3 aromatic carbocycles. The van der Waals surface area contributed by atoms with E-state index < -0.39 is 6.29 Å². The van der Waals surface area contributed by atoms with Crippen LogP contribution in [0.2, 0.25) is 0 Å². The average Bonchev–Trinajstić information content (AvgIpc) is 3.45. The van der Waals surface area contributed by atoms with Crippen LogP contribution in [-0.2, 0) is 32.3 Å². The third-order valence-corrected chi connectivity index (χ3v) is 7.18. The molecule has 1 aliphatic rings. The number of furan rings is 1. The van der Waals surface area contributed by atoms with Crippen molar-refractivity contribution in [3.8, 4) is 0 Å². The lowest BCUT2D eigenvalue weighted by atomic mass is 9.92. The summed E-state index contributed by atoms with van der Waals surface area (Å²) in [6.45, 7) is 0.662. The molecule has 42 heavy (non-hydrogen) atoms. The number of hydrogen-bond acceptors (Lipinski definition) is 7. The highest BCUT2D eigenvalue weighted by atomic mass is 16.7. The topological polar surface area (TPSA) is 136 Å². The first-order chi connectivity index (χ1) is 20.5. The van der Waals surface area contributed by atoms with Crippen LogP contribution in [-0.4, -0.2) is 29.8 Å². The van der Waals surface area contributed by atoms with Crippen LogP contribution in [0.5, 0.6) is 0 Å². The number of aliphatic hydroxyl groups excluding tert-OH is 1. The lowest BCUT2D eigenvalue weighted by molar-refractivity contribution is -0.150. The molecule has 2 amide bonds. The van der Waals surface area contributed by atoms with Gasteiger partial charge in [0.05, 0.1) is 30.9 Å². The fourth-order valence-electron chi connectivity index (χ4n) is 4.87. The van der Waals surface area contributed by atoms with Crippen molar-refractivity contribution in [2.45, 2.75) is 51.1 Å². The van der Waals surface area contributed by atoms with E-state index in [1.165, 1.54) is 0 Å². The Labute approximate surface area is 244 Å². The number of unbranched alkanes of at least 4 members (excludes halogenated alkanes) is 1. The third kappa shape index (κ3) is 7.37. The number of fused-ring (bicyclic) bond motifs is 1. The molecule has 5 rings (SSSR count). The molecule has 0 radical (unpaired) electrons. The monoisotopic (exact) mass is 569 g/mol. The number of para-hydroxylation sites is 3. The molecule has 0 bridgehead atoms. The molecule has 5 N–H and O–H groups in total. The zero-order chi connectivity index (χ0) is 29.3. The van der Waals surface area contributed by atoms with Gasteiger partial charge >= 0.3 is 0 Å². The first-order valence-electron chi connectivity index (χ1n) is 14.1. The Morgan fingerprint density at radius 1 is 0.976 bits per heavy atom. The van der Waals surface area contributed by atoms with Gasteiger partial charge in [-0.15, -0.1) is 0 Å². The van der Waals surface area contributed by atoms with Crippen LogP contribution in [0.25, 0.3) is 11.0 Å². The molecule has 1 aliphatic heterocycles. The van der Waals surface area contributed by atoms with Crippen LogP contribution < -0.4 is 16.4 Å². The third-order valence-electron chi connectivity index (χ3n) is 7.18. The highest BCUT2D eigenvalue weighted by molar-refractivity contribution is 5.94. The van der Waals surface area contributed by atoms with E-state index in [1.807, 2.05) is 66.7 Å². The molecule has 9 heteroatoms. The summed E-state index contributed by atoms with van der Waals surface area (Å²) in [5, 5.41) is 16.0. The summed E-state index contributed by atoms with van der Waals surface area (Å²) in [6, 6.07) is 22.4. The number of nitrogen functional groups attached to an aromatic ring is 1. The Morgan fingerprint density at radius 3 is 2.55 bits per heavy atom. The van der Waals surface area contributed by atoms with Crippen LogP contribution in [0.4, 0.5) is 11.4 Å². The van der Waals surface area contributed by atoms with Crippen molar-refractivity contribution in [3.05, 3.63) is 108 Å². The highest BCUT2D eigenvalue weighted by Gasteiger charge is 2.30. The van der Waals surface area contributed by atoms with Gasteiger partial charge in [-0.1, -0.05) is 54.6 Å². The number of ether oxygens (including phenoxy) is 2. The minimum atomic E-state index is -0.652. The van der Waals surface area contributed by atoms with E-state index in [0.29, 0.717) is 50.2 Å². The van der Waals surface area contributed by atoms with Crippen LogP contribution >= 0.6 is 0 Å². The van der Waals surface area contributed by atoms with Gasteiger partial charge in [0.25, 0.3) is 5.91 Å². The maximum absolute atomic E-state index is 13.1. The molecule has 2 atom stereocenters. The van der Waals surface area contributed by atoms with Crippen LogP contribution in [0.15, 0.2) is 95.3 Å². The van der Waals surface area contributed by atoms with Gasteiger partial charge in [-0.2, -0.15) is 0 Å². The molecule has 0 saturated heterocycles. The van der Waals surface area contributed by atoms with Gasteiger partial charge in [-0.3, -0.25) is 9.59 Å². The van der Waals surface area contributed by atoms with Gasteiger partial charge in [0, 0.05) is 36.3 Å². The second-order valence-corrected chi connectivity index (χ2v) is 10.2. The molecule has 4 aromatic rings. The van der Waals surface area contributed by atoms with E-state index in [9.17, 15) is 14.7 Å². The van der Waals surface area contributed by atoms with E-state index in [4.69, 9.17) is 19.6 Å². The standard InChI is InChI=1S/C33H35N3O6/c34-27-8-2-3-9-28(27)36-31(38)11-5-6-16-35-33(39)30-17-24(26-21-40-29-10-4-1-7-25(26)29)18-32(42-30)41-20-23-14-12-22(19-37)13-15-23/h1-4,7-10,12-15,17,21,24,32,37H,5-6,11,16,18-20,34H2,(H,35,39)(H,36,38). The predicted octanol–water partition coefficient (Wildman–Crippen LogP) is 5.36. The Kier molecular flexibility index (Phi) is 9.53. The van der Waals surface area contributed by atoms with Gasteiger partial charge in [0.2, 0.25) is 12.2 Å². The molecule has 1 aromatic heterocycles. The summed E-state index contributed by atoms with van der Waals surface area (Å²) in [5.41, 5.74) is 10.5. The van der Waals surface area contributed by atoms with Crippen molar-refractivity contribution in [1.29, 1.82) is 0 Å². The largest absolute Gasteiger partial charge is 0.464 e. The van der Waals surface area contributed by atoms with E-state index in [-0.39, 0.29) is 30.1 Å². The van der Waals surface area contributed by atoms with Gasteiger partial charge in [0.15, 0.2) is 5.76 Å². The number of amides is 2. The maximum Gasteiger partial charge on any atom is 0.286 e.